The van der Waals surface area contributed by atoms with Crippen LogP contribution in [-0.2, 0) is 4.84 Å². The maximum Gasteiger partial charge on any atom is 0.341 e. The van der Waals surface area contributed by atoms with Crippen LogP contribution in [0.3, 0.4) is 0 Å². The van der Waals surface area contributed by atoms with Crippen molar-refractivity contribution < 1.29 is 25.0 Å². The molecule has 2 aromatic rings. The summed E-state index contributed by atoms with van der Waals surface area (Å²) in [5, 5.41) is 36.7. The number of aliphatic hydroxyl groups excluding tert-OH is 2. The number of aryl methyl sites for hydroxylation is 1. The molecule has 2 aliphatic rings. The first-order valence-electron chi connectivity index (χ1n) is 9.47. The Bertz CT molecular complexity index is 1130. The van der Waals surface area contributed by atoms with E-state index in [0.717, 1.165) is 5.71 Å². The molecule has 1 fully saturated rings. The fourth-order valence-electron chi connectivity index (χ4n) is 3.29. The number of aromatic carboxylic acids is 1. The minimum Gasteiger partial charge on any atom is -0.477 e. The van der Waals surface area contributed by atoms with Gasteiger partial charge < -0.3 is 34.9 Å². The zero-order chi connectivity index (χ0) is 22.1. The Morgan fingerprint density at radius 1 is 1.48 bits per heavy atom. The second-order valence-corrected chi connectivity index (χ2v) is 8.17. The van der Waals surface area contributed by atoms with Gasteiger partial charge in [-0.15, -0.1) is 0 Å². The lowest BCUT2D eigenvalue weighted by Crippen LogP contribution is -2.48. The van der Waals surface area contributed by atoms with Crippen LogP contribution in [0.2, 0.25) is 0 Å². The molecule has 2 aliphatic heterocycles. The maximum atomic E-state index is 12.8. The first-order chi connectivity index (χ1) is 14.9. The molecule has 1 saturated heterocycles. The maximum absolute atomic E-state index is 12.8. The van der Waals surface area contributed by atoms with Gasteiger partial charge in [0.25, 0.3) is 0 Å². The number of anilines is 1. The van der Waals surface area contributed by atoms with Crippen LogP contribution >= 0.6 is 11.8 Å². The lowest BCUT2D eigenvalue weighted by Gasteiger charge is -2.33. The largest absolute Gasteiger partial charge is 0.477 e. The summed E-state index contributed by atoms with van der Waals surface area (Å²) in [5.74, 6) is -0.651. The van der Waals surface area contributed by atoms with Gasteiger partial charge in [-0.05, 0) is 24.0 Å². The molecule has 4 heterocycles. The molecule has 0 radical (unpaired) electrons. The van der Waals surface area contributed by atoms with Gasteiger partial charge in [0.2, 0.25) is 5.43 Å². The molecule has 0 spiro atoms. The molecule has 31 heavy (non-hydrogen) atoms. The van der Waals surface area contributed by atoms with Gasteiger partial charge in [0.15, 0.2) is 5.50 Å². The van der Waals surface area contributed by atoms with Crippen LogP contribution in [0.5, 0.6) is 0 Å². The number of nitrogens with one attached hydrogen (secondary N) is 1. The van der Waals surface area contributed by atoms with Gasteiger partial charge in [0.1, 0.15) is 29.7 Å². The molecule has 4 rings (SSSR count). The standard InChI is InChI=1S/C19H21N5O6S/c1-10-4-14(23-5-11(6-23)22-30-9-12(26)8-25)21-17-15(10)16(27)13(18(28)29)7-24(17)19-20-2-3-31-19/h2-4,7,12,19-20,25-26H,5-6,8-9H2,1H3,(H,28,29)/t12-,19?/m1/s1. The Hall–Kier alpha value is -3.09. The Labute approximate surface area is 180 Å². The van der Waals surface area contributed by atoms with E-state index < -0.39 is 24.1 Å². The van der Waals surface area contributed by atoms with Crippen LogP contribution in [0.25, 0.3) is 11.0 Å². The number of carbonyl (C=O) groups is 1. The highest BCUT2D eigenvalue weighted by Crippen LogP contribution is 2.30. The number of nitrogens with zero attached hydrogens (tertiary/aromatic N) is 4. The Morgan fingerprint density at radius 3 is 2.90 bits per heavy atom. The van der Waals surface area contributed by atoms with Crippen LogP contribution in [0.15, 0.2) is 33.8 Å². The van der Waals surface area contributed by atoms with Gasteiger partial charge in [-0.2, -0.15) is 0 Å². The highest BCUT2D eigenvalue weighted by atomic mass is 32.2. The number of thioether (sulfide) groups is 1. The van der Waals surface area contributed by atoms with Gasteiger partial charge >= 0.3 is 5.97 Å². The molecule has 0 saturated carbocycles. The van der Waals surface area contributed by atoms with Crippen LogP contribution in [-0.4, -0.2) is 69.0 Å². The fourth-order valence-corrected chi connectivity index (χ4v) is 4.05. The van der Waals surface area contributed by atoms with Crippen molar-refractivity contribution in [2.45, 2.75) is 18.5 Å². The number of aliphatic hydroxyl groups is 2. The van der Waals surface area contributed by atoms with E-state index in [1.165, 1.54) is 18.0 Å². The predicted molar refractivity (Wildman–Crippen MR) is 115 cm³/mol. The van der Waals surface area contributed by atoms with E-state index in [4.69, 9.17) is 9.94 Å². The molecule has 0 aromatic carbocycles. The second-order valence-electron chi connectivity index (χ2n) is 7.18. The van der Waals surface area contributed by atoms with Gasteiger partial charge in [-0.3, -0.25) is 4.79 Å². The summed E-state index contributed by atoms with van der Waals surface area (Å²) in [5.41, 5.74) is 0.591. The van der Waals surface area contributed by atoms with Crippen molar-refractivity contribution >= 4 is 40.3 Å². The minimum atomic E-state index is -1.28. The van der Waals surface area contributed by atoms with E-state index in [0.29, 0.717) is 30.1 Å². The van der Waals surface area contributed by atoms with Crippen molar-refractivity contribution in [3.63, 3.8) is 0 Å². The molecule has 2 atom stereocenters. The zero-order valence-corrected chi connectivity index (χ0v) is 17.4. The molecular formula is C19H21N5O6S. The van der Waals surface area contributed by atoms with Crippen molar-refractivity contribution in [3.8, 4) is 0 Å². The number of pyridine rings is 2. The van der Waals surface area contributed by atoms with E-state index in [9.17, 15) is 19.8 Å². The van der Waals surface area contributed by atoms with Gasteiger partial charge in [-0.25, -0.2) is 9.78 Å². The number of fused-ring (bicyclic) bond motifs is 1. The van der Waals surface area contributed by atoms with Crippen LogP contribution < -0.4 is 15.6 Å². The average molecular weight is 447 g/mol. The molecule has 0 bridgehead atoms. The van der Waals surface area contributed by atoms with E-state index in [1.807, 2.05) is 10.3 Å². The molecule has 2 aromatic heterocycles. The minimum absolute atomic E-state index is 0.0917. The Kier molecular flexibility index (Phi) is 5.85. The van der Waals surface area contributed by atoms with E-state index in [1.54, 1.807) is 23.8 Å². The number of aromatic nitrogens is 2. The average Bonchev–Trinajstić information content (AvgIpc) is 3.23. The topological polar surface area (TPSA) is 150 Å². The summed E-state index contributed by atoms with van der Waals surface area (Å²) in [6, 6.07) is 1.75. The lowest BCUT2D eigenvalue weighted by atomic mass is 10.1. The number of hydrogen-bond donors (Lipinski definition) is 4. The molecule has 4 N–H and O–H groups in total. The van der Waals surface area contributed by atoms with Crippen molar-refractivity contribution in [1.82, 2.24) is 14.9 Å². The van der Waals surface area contributed by atoms with Crippen molar-refractivity contribution in [2.24, 2.45) is 5.16 Å². The summed E-state index contributed by atoms with van der Waals surface area (Å²) >= 11 is 1.44. The highest BCUT2D eigenvalue weighted by Gasteiger charge is 2.27. The summed E-state index contributed by atoms with van der Waals surface area (Å²) in [6.45, 7) is 2.19. The summed E-state index contributed by atoms with van der Waals surface area (Å²) in [6.07, 6.45) is 2.10. The number of carboxylic acids is 1. The zero-order valence-electron chi connectivity index (χ0n) is 16.6. The Morgan fingerprint density at radius 2 is 2.26 bits per heavy atom. The molecule has 164 valence electrons. The van der Waals surface area contributed by atoms with Crippen molar-refractivity contribution in [2.75, 3.05) is 31.2 Å². The number of carboxylic acid groups (broad SMARTS) is 1. The third-order valence-corrected chi connectivity index (χ3v) is 5.82. The van der Waals surface area contributed by atoms with Gasteiger partial charge in [0.05, 0.1) is 30.8 Å². The molecule has 0 aliphatic carbocycles. The molecule has 11 nitrogen and oxygen atoms in total. The molecule has 1 unspecified atom stereocenters. The van der Waals surface area contributed by atoms with Crippen molar-refractivity contribution in [1.29, 1.82) is 0 Å². The highest BCUT2D eigenvalue weighted by molar-refractivity contribution is 8.02. The van der Waals surface area contributed by atoms with E-state index in [2.05, 4.69) is 15.5 Å². The van der Waals surface area contributed by atoms with Gasteiger partial charge in [0, 0.05) is 12.4 Å². The molecular weight excluding hydrogens is 426 g/mol. The molecule has 0 amide bonds. The quantitative estimate of drug-likeness (QED) is 0.434. The predicted octanol–water partition coefficient (Wildman–Crippen LogP) is 0.213. The first kappa shape index (κ1) is 21.2. The normalized spacial score (nSPS) is 18.6. The fraction of sp³-hybridized carbons (Fsp3) is 0.368. The number of rotatable bonds is 7. The van der Waals surface area contributed by atoms with Gasteiger partial charge in [-0.1, -0.05) is 16.9 Å². The summed E-state index contributed by atoms with van der Waals surface area (Å²) in [4.78, 5) is 36.0. The van der Waals surface area contributed by atoms with E-state index >= 15 is 0 Å². The third-order valence-electron chi connectivity index (χ3n) is 4.91. The molecule has 12 heteroatoms. The van der Waals surface area contributed by atoms with E-state index in [-0.39, 0.29) is 23.1 Å². The van der Waals surface area contributed by atoms with Crippen molar-refractivity contribution in [3.05, 3.63) is 45.2 Å². The first-order valence-corrected chi connectivity index (χ1v) is 10.4. The smallest absolute Gasteiger partial charge is 0.341 e. The SMILES string of the molecule is Cc1cc(N2CC(=NOC[C@H](O)CO)C2)nc2c1c(=O)c(C(=O)O)cn2C1NC=CS1. The van der Waals surface area contributed by atoms with Crippen LogP contribution in [0.4, 0.5) is 5.82 Å². The summed E-state index contributed by atoms with van der Waals surface area (Å²) < 4.78 is 1.66. The number of oxime groups is 1. The number of hydrogen-bond acceptors (Lipinski definition) is 10. The van der Waals surface area contributed by atoms with Crippen LogP contribution in [0.1, 0.15) is 21.4 Å². The Balaban J connectivity index is 1.66. The van der Waals surface area contributed by atoms with Crippen LogP contribution in [0, 0.1) is 6.92 Å². The monoisotopic (exact) mass is 447 g/mol. The second kappa shape index (κ2) is 8.57. The lowest BCUT2D eigenvalue weighted by molar-refractivity contribution is 0.00789. The third kappa shape index (κ3) is 4.09. The summed E-state index contributed by atoms with van der Waals surface area (Å²) in [7, 11) is 0.